The molecule has 0 spiro atoms. The van der Waals surface area contributed by atoms with Crippen LogP contribution in [0.15, 0.2) is 36.4 Å². The molecule has 110 valence electrons. The number of amides is 1. The van der Waals surface area contributed by atoms with E-state index in [0.29, 0.717) is 11.4 Å². The largest absolute Gasteiger partial charge is 0.495 e. The molecule has 21 heavy (non-hydrogen) atoms. The van der Waals surface area contributed by atoms with Gasteiger partial charge in [-0.05, 0) is 29.8 Å². The van der Waals surface area contributed by atoms with Crippen LogP contribution in [-0.4, -0.2) is 13.0 Å². The molecule has 0 atom stereocenters. The molecule has 2 aromatic carbocycles. The van der Waals surface area contributed by atoms with Crippen LogP contribution in [-0.2, 0) is 6.54 Å². The van der Waals surface area contributed by atoms with Gasteiger partial charge in [-0.3, -0.25) is 4.79 Å². The average molecular weight is 309 g/mol. The van der Waals surface area contributed by atoms with Gasteiger partial charge in [0.1, 0.15) is 11.6 Å². The molecule has 0 radical (unpaired) electrons. The van der Waals surface area contributed by atoms with Crippen molar-refractivity contribution in [2.24, 2.45) is 0 Å². The number of nitrogens with one attached hydrogen (secondary N) is 1. The second kappa shape index (κ2) is 6.45. The van der Waals surface area contributed by atoms with E-state index in [1.165, 1.54) is 25.3 Å². The van der Waals surface area contributed by atoms with Crippen LogP contribution in [0.25, 0.3) is 0 Å². The highest BCUT2D eigenvalue weighted by Gasteiger charge is 2.15. The first-order valence-corrected chi connectivity index (χ1v) is 6.55. The molecule has 3 N–H and O–H groups in total. The summed E-state index contributed by atoms with van der Waals surface area (Å²) in [6, 6.07) is 9.24. The lowest BCUT2D eigenvalue weighted by molar-refractivity contribution is 0.0947. The first-order chi connectivity index (χ1) is 10.0. The van der Waals surface area contributed by atoms with Gasteiger partial charge in [-0.25, -0.2) is 4.39 Å². The van der Waals surface area contributed by atoms with Crippen molar-refractivity contribution in [2.45, 2.75) is 6.54 Å². The molecule has 0 aliphatic rings. The Labute approximate surface area is 126 Å². The van der Waals surface area contributed by atoms with Crippen molar-refractivity contribution in [1.82, 2.24) is 5.32 Å². The first-order valence-electron chi connectivity index (χ1n) is 6.17. The van der Waals surface area contributed by atoms with Crippen LogP contribution in [0.1, 0.15) is 15.9 Å². The van der Waals surface area contributed by atoms with Gasteiger partial charge in [0, 0.05) is 6.54 Å². The summed E-state index contributed by atoms with van der Waals surface area (Å²) in [5.41, 5.74) is 6.85. The molecule has 2 aromatic rings. The number of methoxy groups -OCH3 is 1. The topological polar surface area (TPSA) is 64.3 Å². The number of carbonyl (C=O) groups excluding carboxylic acids is 1. The van der Waals surface area contributed by atoms with Gasteiger partial charge in [-0.1, -0.05) is 23.7 Å². The van der Waals surface area contributed by atoms with E-state index in [4.69, 9.17) is 22.1 Å². The number of hydrogen-bond donors (Lipinski definition) is 2. The number of nitrogens with two attached hydrogens (primary N) is 1. The van der Waals surface area contributed by atoms with Gasteiger partial charge < -0.3 is 15.8 Å². The number of nitrogen functional groups attached to an aromatic ring is 1. The zero-order valence-electron chi connectivity index (χ0n) is 11.3. The Kier molecular flexibility index (Phi) is 4.65. The van der Waals surface area contributed by atoms with Crippen molar-refractivity contribution in [3.63, 3.8) is 0 Å². The normalized spacial score (nSPS) is 10.2. The molecular formula is C15H14ClFN2O2. The summed E-state index contributed by atoms with van der Waals surface area (Å²) in [5.74, 6) is -0.677. The van der Waals surface area contributed by atoms with E-state index in [1.807, 2.05) is 0 Å². The Hall–Kier alpha value is -2.27. The number of anilines is 1. The summed E-state index contributed by atoms with van der Waals surface area (Å²) in [4.78, 5) is 12.0. The Morgan fingerprint density at radius 2 is 2.14 bits per heavy atom. The minimum Gasteiger partial charge on any atom is -0.495 e. The number of rotatable bonds is 4. The van der Waals surface area contributed by atoms with Gasteiger partial charge in [0.05, 0.1) is 23.4 Å². The van der Waals surface area contributed by atoms with E-state index in [0.717, 1.165) is 5.56 Å². The zero-order chi connectivity index (χ0) is 15.4. The summed E-state index contributed by atoms with van der Waals surface area (Å²) >= 11 is 5.83. The van der Waals surface area contributed by atoms with Gasteiger partial charge in [-0.2, -0.15) is 0 Å². The fourth-order valence-electron chi connectivity index (χ4n) is 1.88. The fourth-order valence-corrected chi connectivity index (χ4v) is 2.13. The molecule has 6 heteroatoms. The highest BCUT2D eigenvalue weighted by Crippen LogP contribution is 2.22. The van der Waals surface area contributed by atoms with Crippen LogP contribution in [0.3, 0.4) is 0 Å². The molecular weight excluding hydrogens is 295 g/mol. The molecule has 0 fully saturated rings. The van der Waals surface area contributed by atoms with Gasteiger partial charge in [0.2, 0.25) is 0 Å². The van der Waals surface area contributed by atoms with Crippen molar-refractivity contribution < 1.29 is 13.9 Å². The Morgan fingerprint density at radius 1 is 1.38 bits per heavy atom. The maximum Gasteiger partial charge on any atom is 0.256 e. The van der Waals surface area contributed by atoms with E-state index in [9.17, 15) is 9.18 Å². The second-order valence-electron chi connectivity index (χ2n) is 4.36. The summed E-state index contributed by atoms with van der Waals surface area (Å²) in [6.07, 6.45) is 0. The minimum atomic E-state index is -0.658. The molecule has 0 heterocycles. The summed E-state index contributed by atoms with van der Waals surface area (Å²) in [5, 5.41) is 2.67. The molecule has 0 bridgehead atoms. The van der Waals surface area contributed by atoms with E-state index in [1.54, 1.807) is 18.2 Å². The van der Waals surface area contributed by atoms with Crippen LogP contribution in [0.5, 0.6) is 5.75 Å². The first kappa shape index (κ1) is 15.1. The van der Waals surface area contributed by atoms with E-state index in [-0.39, 0.29) is 17.1 Å². The fraction of sp³-hybridized carbons (Fsp3) is 0.133. The third kappa shape index (κ3) is 3.44. The van der Waals surface area contributed by atoms with Crippen LogP contribution >= 0.6 is 11.6 Å². The predicted octanol–water partition coefficient (Wildman–Crippen LogP) is 3.00. The van der Waals surface area contributed by atoms with Crippen LogP contribution in [0.4, 0.5) is 10.1 Å². The number of halogens is 2. The van der Waals surface area contributed by atoms with Crippen molar-refractivity contribution in [3.05, 3.63) is 58.4 Å². The number of ether oxygens (including phenoxy) is 1. The molecule has 1 amide bonds. The van der Waals surface area contributed by atoms with Crippen molar-refractivity contribution in [3.8, 4) is 5.75 Å². The monoisotopic (exact) mass is 308 g/mol. The number of carbonyl (C=O) groups is 1. The van der Waals surface area contributed by atoms with Crippen molar-refractivity contribution in [2.75, 3.05) is 12.8 Å². The number of benzene rings is 2. The second-order valence-corrected chi connectivity index (χ2v) is 4.76. The van der Waals surface area contributed by atoms with Crippen LogP contribution in [0, 0.1) is 5.82 Å². The van der Waals surface area contributed by atoms with Crippen molar-refractivity contribution in [1.29, 1.82) is 0 Å². The minimum absolute atomic E-state index is 0.0711. The summed E-state index contributed by atoms with van der Waals surface area (Å²) < 4.78 is 18.7. The predicted molar refractivity (Wildman–Crippen MR) is 80.0 cm³/mol. The maximum atomic E-state index is 13.6. The van der Waals surface area contributed by atoms with Gasteiger partial charge >= 0.3 is 0 Å². The zero-order valence-corrected chi connectivity index (χ0v) is 12.1. The third-order valence-electron chi connectivity index (χ3n) is 2.94. The lowest BCUT2D eigenvalue weighted by atomic mass is 10.1. The SMILES string of the molecule is COc1ccc(CNC(=O)c2c(F)cccc2Cl)cc1N. The number of hydrogen-bond acceptors (Lipinski definition) is 3. The lowest BCUT2D eigenvalue weighted by Crippen LogP contribution is -2.24. The molecule has 0 unspecified atom stereocenters. The maximum absolute atomic E-state index is 13.6. The van der Waals surface area contributed by atoms with Gasteiger partial charge in [-0.15, -0.1) is 0 Å². The Bertz CT molecular complexity index is 656. The third-order valence-corrected chi connectivity index (χ3v) is 3.25. The van der Waals surface area contributed by atoms with Gasteiger partial charge in [0.15, 0.2) is 0 Å². The lowest BCUT2D eigenvalue weighted by Gasteiger charge is -2.10. The highest BCUT2D eigenvalue weighted by molar-refractivity contribution is 6.33. The summed E-state index contributed by atoms with van der Waals surface area (Å²) in [7, 11) is 1.52. The van der Waals surface area contributed by atoms with Crippen molar-refractivity contribution >= 4 is 23.2 Å². The van der Waals surface area contributed by atoms with Crippen LogP contribution in [0.2, 0.25) is 5.02 Å². The molecule has 2 rings (SSSR count). The molecule has 0 aromatic heterocycles. The van der Waals surface area contributed by atoms with E-state index in [2.05, 4.69) is 5.32 Å². The Balaban J connectivity index is 2.09. The van der Waals surface area contributed by atoms with Gasteiger partial charge in [0.25, 0.3) is 5.91 Å². The molecule has 0 aliphatic heterocycles. The standard InChI is InChI=1S/C15H14ClFN2O2/c1-21-13-6-5-9(7-12(13)18)8-19-15(20)14-10(16)3-2-4-11(14)17/h2-7H,8,18H2,1H3,(H,19,20). The molecule has 0 saturated carbocycles. The summed E-state index contributed by atoms with van der Waals surface area (Å²) in [6.45, 7) is 0.206. The van der Waals surface area contributed by atoms with E-state index < -0.39 is 11.7 Å². The highest BCUT2D eigenvalue weighted by atomic mass is 35.5. The Morgan fingerprint density at radius 3 is 2.76 bits per heavy atom. The average Bonchev–Trinajstić information content (AvgIpc) is 2.45. The smallest absolute Gasteiger partial charge is 0.256 e. The quantitative estimate of drug-likeness (QED) is 0.853. The molecule has 0 aliphatic carbocycles. The van der Waals surface area contributed by atoms with E-state index >= 15 is 0 Å². The van der Waals surface area contributed by atoms with Crippen LogP contribution < -0.4 is 15.8 Å². The molecule has 0 saturated heterocycles. The molecule has 4 nitrogen and oxygen atoms in total.